The predicted octanol–water partition coefficient (Wildman–Crippen LogP) is -4.61. The smallest absolute Gasteiger partial charge is 0.344 e. The molecule has 0 aliphatic rings. The van der Waals surface area contributed by atoms with Crippen molar-refractivity contribution in [2.45, 2.75) is 53.4 Å². The van der Waals surface area contributed by atoms with E-state index >= 15 is 0 Å². The van der Waals surface area contributed by atoms with Crippen LogP contribution in [0.25, 0.3) is 0 Å². The summed E-state index contributed by atoms with van der Waals surface area (Å²) in [4.78, 5) is 215. The summed E-state index contributed by atoms with van der Waals surface area (Å²) in [7, 11) is 0. The Hall–Kier alpha value is -9.54. The van der Waals surface area contributed by atoms with Gasteiger partial charge in [0.25, 0.3) is 0 Å². The first-order valence-corrected chi connectivity index (χ1v) is 23.2. The Balaban J connectivity index is 6.21. The fourth-order valence-corrected chi connectivity index (χ4v) is 4.13. The van der Waals surface area contributed by atoms with Crippen molar-refractivity contribution >= 4 is 107 Å². The van der Waals surface area contributed by atoms with E-state index in [-0.39, 0.29) is 25.7 Å². The second-order valence-corrected chi connectivity index (χ2v) is 14.8. The van der Waals surface area contributed by atoms with Crippen molar-refractivity contribution in [3.05, 3.63) is 0 Å². The maximum Gasteiger partial charge on any atom is 0.344 e. The van der Waals surface area contributed by atoms with E-state index in [1.54, 1.807) is 0 Å². The second kappa shape index (κ2) is 41.5. The van der Waals surface area contributed by atoms with Crippen LogP contribution in [0.15, 0.2) is 0 Å². The average molecular weight is 1170 g/mol. The van der Waals surface area contributed by atoms with Crippen LogP contribution in [0, 0.1) is 5.41 Å². The molecule has 0 aromatic heterocycles. The highest BCUT2D eigenvalue weighted by molar-refractivity contribution is 5.84. The minimum absolute atomic E-state index is 0.0626. The van der Waals surface area contributed by atoms with Crippen LogP contribution in [0.3, 0.4) is 0 Å². The van der Waals surface area contributed by atoms with Crippen molar-refractivity contribution in [2.75, 3.05) is 119 Å². The monoisotopic (exact) mass is 1170 g/mol. The summed E-state index contributed by atoms with van der Waals surface area (Å²) in [5.41, 5.74) is -2.32. The quantitative estimate of drug-likeness (QED) is 0.0411. The number of carbonyl (C=O) groups excluding carboxylic acids is 18. The Morgan fingerprint density at radius 2 is 0.272 bits per heavy atom. The summed E-state index contributed by atoms with van der Waals surface area (Å²) in [5.74, 6) is -21.7. The molecule has 0 heterocycles. The van der Waals surface area contributed by atoms with E-state index in [1.807, 2.05) is 0 Å². The van der Waals surface area contributed by atoms with Gasteiger partial charge in [0.05, 0.1) is 0 Å². The Bertz CT molecular complexity index is 2090. The highest BCUT2D eigenvalue weighted by Gasteiger charge is 2.39. The number of carbonyl (C=O) groups is 18. The normalized spacial score (nSPS) is 10.2. The van der Waals surface area contributed by atoms with E-state index in [0.717, 1.165) is 0 Å². The zero-order valence-corrected chi connectivity index (χ0v) is 43.8. The zero-order valence-electron chi connectivity index (χ0n) is 43.8. The van der Waals surface area contributed by atoms with Gasteiger partial charge in [0.2, 0.25) is 0 Å². The third kappa shape index (κ3) is 38.6. The van der Waals surface area contributed by atoms with Gasteiger partial charge < -0.3 is 85.3 Å². The molecule has 0 saturated carbocycles. The van der Waals surface area contributed by atoms with E-state index in [4.69, 9.17) is 18.9 Å². The van der Waals surface area contributed by atoms with Gasteiger partial charge in [0.15, 0.2) is 92.5 Å². The van der Waals surface area contributed by atoms with Gasteiger partial charge in [-0.3, -0.25) is 19.2 Å². The Kier molecular flexibility index (Phi) is 36.7. The maximum absolute atomic E-state index is 12.8. The average Bonchev–Trinajstić information content (AvgIpc) is 3.46. The summed E-state index contributed by atoms with van der Waals surface area (Å²) < 4.78 is 84.3. The minimum atomic E-state index is -2.32. The van der Waals surface area contributed by atoms with Crippen molar-refractivity contribution in [1.29, 1.82) is 0 Å². The lowest BCUT2D eigenvalue weighted by Gasteiger charge is -2.31. The van der Waals surface area contributed by atoms with Crippen LogP contribution in [0.2, 0.25) is 0 Å². The summed E-state index contributed by atoms with van der Waals surface area (Å²) in [5, 5.41) is 0. The van der Waals surface area contributed by atoms with Crippen LogP contribution >= 0.6 is 0 Å². The number of rotatable bonds is 40. The topological polar surface area (TPSA) is 473 Å². The van der Waals surface area contributed by atoms with Gasteiger partial charge in [0.1, 0.15) is 31.8 Å². The third-order valence-corrected chi connectivity index (χ3v) is 8.23. The molecule has 36 nitrogen and oxygen atoms in total. The minimum Gasteiger partial charge on any atom is -0.462 e. The molecule has 0 N–H and O–H groups in total. The Morgan fingerprint density at radius 3 is 0.383 bits per heavy atom. The van der Waals surface area contributed by atoms with Crippen LogP contribution in [-0.4, -0.2) is 226 Å². The van der Waals surface area contributed by atoms with Gasteiger partial charge >= 0.3 is 107 Å². The zero-order chi connectivity index (χ0) is 61.2. The molecule has 36 heteroatoms. The molecule has 0 aromatic carbocycles. The molecule has 0 atom stereocenters. The first-order chi connectivity index (χ1) is 38.3. The van der Waals surface area contributed by atoms with Crippen LogP contribution in [0.5, 0.6) is 0 Å². The van der Waals surface area contributed by atoms with E-state index in [1.165, 1.54) is 27.7 Å². The Morgan fingerprint density at radius 1 is 0.173 bits per heavy atom. The van der Waals surface area contributed by atoms with Crippen LogP contribution in [0.1, 0.15) is 53.4 Å². The van der Waals surface area contributed by atoms with E-state index in [0.29, 0.717) is 0 Å². The SMILES string of the molecule is CCC(=O)OCC(=O)OCC(=O)OCC(=O)OCC(=O)OCC(COC(=O)COC(=O)COC(=O)COC(=O)CC)(COC(=O)COC(=O)COC(=O)COC(=O)CC)COC(=O)COC(=O)COC(=O)COC(=O)COC(=O)CC. The summed E-state index contributed by atoms with van der Waals surface area (Å²) >= 11 is 0. The van der Waals surface area contributed by atoms with E-state index in [9.17, 15) is 86.3 Å². The van der Waals surface area contributed by atoms with Crippen molar-refractivity contribution in [2.24, 2.45) is 5.41 Å². The predicted molar refractivity (Wildman–Crippen MR) is 241 cm³/mol. The number of hydrogen-bond donors (Lipinski definition) is 0. The molecule has 0 unspecified atom stereocenters. The lowest BCUT2D eigenvalue weighted by molar-refractivity contribution is -0.182. The molecule has 0 rings (SSSR count). The molecule has 81 heavy (non-hydrogen) atoms. The highest BCUT2D eigenvalue weighted by Crippen LogP contribution is 2.22. The van der Waals surface area contributed by atoms with Gasteiger partial charge in [-0.05, 0) is 0 Å². The Labute approximate surface area is 456 Å². The maximum atomic E-state index is 12.8. The lowest BCUT2D eigenvalue weighted by Crippen LogP contribution is -2.45. The fraction of sp³-hybridized carbons (Fsp3) is 0.600. The molecular weight excluding hydrogens is 1120 g/mol. The molecule has 452 valence electrons. The van der Waals surface area contributed by atoms with Crippen molar-refractivity contribution in [1.82, 2.24) is 0 Å². The van der Waals surface area contributed by atoms with Gasteiger partial charge in [-0.15, -0.1) is 0 Å². The van der Waals surface area contributed by atoms with Crippen LogP contribution < -0.4 is 0 Å². The molecule has 0 bridgehead atoms. The van der Waals surface area contributed by atoms with E-state index < -0.39 is 232 Å². The van der Waals surface area contributed by atoms with Crippen LogP contribution in [-0.2, 0) is 172 Å². The highest BCUT2D eigenvalue weighted by atomic mass is 16.7. The summed E-state index contributed by atoms with van der Waals surface area (Å²) in [6, 6.07) is 0. The molecule has 0 radical (unpaired) electrons. The van der Waals surface area contributed by atoms with Gasteiger partial charge in [-0.25, -0.2) is 67.1 Å². The van der Waals surface area contributed by atoms with Crippen molar-refractivity contribution < 1.29 is 172 Å². The molecule has 0 aliphatic heterocycles. The standard InChI is InChI=1S/C45H56O36/c1-5-27(46)64-9-31(50)68-13-35(54)72-17-39(58)76-21-43(62)80-25-45(23-78-41(60)19-74-37(56)15-70-33(52)11-66-29(48)7-3,24-79-42(61)20-75-38(57)16-71-34(53)12-67-30(49)8-4)26-81-44(63)22-77-40(59)18-73-36(55)14-69-32(51)10-65-28(47)6-2/h5-26H2,1-4H3. The number of hydrogen-bond acceptors (Lipinski definition) is 36. The lowest BCUT2D eigenvalue weighted by atomic mass is 9.92. The largest absolute Gasteiger partial charge is 0.462 e. The molecule has 0 amide bonds. The summed E-state index contributed by atoms with van der Waals surface area (Å²) in [6.45, 7) is -14.1. The van der Waals surface area contributed by atoms with Crippen molar-refractivity contribution in [3.63, 3.8) is 0 Å². The molecular formula is C45H56O36. The van der Waals surface area contributed by atoms with E-state index in [2.05, 4.69) is 66.3 Å². The van der Waals surface area contributed by atoms with Gasteiger partial charge in [-0.1, -0.05) is 27.7 Å². The summed E-state index contributed by atoms with van der Waals surface area (Å²) in [6.07, 6.45) is -0.301. The number of ether oxygens (including phenoxy) is 18. The second-order valence-electron chi connectivity index (χ2n) is 14.8. The molecule has 0 aromatic rings. The molecule has 0 fully saturated rings. The van der Waals surface area contributed by atoms with Gasteiger partial charge in [-0.2, -0.15) is 0 Å². The fourth-order valence-electron chi connectivity index (χ4n) is 4.13. The molecule has 0 aliphatic carbocycles. The molecule has 0 saturated heterocycles. The van der Waals surface area contributed by atoms with Gasteiger partial charge in [0, 0.05) is 25.7 Å². The third-order valence-electron chi connectivity index (χ3n) is 8.23. The number of esters is 18. The van der Waals surface area contributed by atoms with Crippen LogP contribution in [0.4, 0.5) is 0 Å². The van der Waals surface area contributed by atoms with Crippen molar-refractivity contribution in [3.8, 4) is 0 Å². The first kappa shape index (κ1) is 71.5. The molecule has 0 spiro atoms. The first-order valence-electron chi connectivity index (χ1n) is 23.2.